The topological polar surface area (TPSA) is 49.4 Å². The number of carbonyl (C=O) groups is 2. The van der Waals surface area contributed by atoms with Gasteiger partial charge in [0, 0.05) is 29.7 Å². The number of rotatable bonds is 4. The number of nitrogens with zero attached hydrogens (tertiary/aromatic N) is 1. The number of amides is 2. The number of alkyl halides is 3. The molecule has 0 radical (unpaired) electrons. The average Bonchev–Trinajstić information content (AvgIpc) is 2.84. The van der Waals surface area contributed by atoms with E-state index in [0.29, 0.717) is 11.3 Å². The summed E-state index contributed by atoms with van der Waals surface area (Å²) in [4.78, 5) is 27.0. The first-order valence-electron chi connectivity index (χ1n) is 9.48. The lowest BCUT2D eigenvalue weighted by Gasteiger charge is -2.24. The van der Waals surface area contributed by atoms with Gasteiger partial charge in [0.05, 0.1) is 21.8 Å². The van der Waals surface area contributed by atoms with E-state index >= 15 is 0 Å². The van der Waals surface area contributed by atoms with Gasteiger partial charge in [-0.3, -0.25) is 9.59 Å². The molecule has 1 heterocycles. The first kappa shape index (κ1) is 23.4. The smallest absolute Gasteiger partial charge is 0.351 e. The maximum atomic E-state index is 13.2. The van der Waals surface area contributed by atoms with E-state index in [-0.39, 0.29) is 41.0 Å². The number of thioether (sulfide) groups is 1. The SMILES string of the molecule is CC1CCN(C(=O)CCNC(=O)c2ccc(F)cc2Cl)c2cc(C(F)(F)F)ccc2S1. The van der Waals surface area contributed by atoms with E-state index < -0.39 is 29.4 Å². The van der Waals surface area contributed by atoms with Crippen LogP contribution >= 0.6 is 23.4 Å². The lowest BCUT2D eigenvalue weighted by molar-refractivity contribution is -0.137. The van der Waals surface area contributed by atoms with Crippen molar-refractivity contribution in [2.24, 2.45) is 0 Å². The molecule has 0 fully saturated rings. The first-order valence-corrected chi connectivity index (χ1v) is 10.7. The minimum atomic E-state index is -4.52. The first-order chi connectivity index (χ1) is 14.6. The Morgan fingerprint density at radius 2 is 1.97 bits per heavy atom. The van der Waals surface area contributed by atoms with Crippen LogP contribution in [0, 0.1) is 5.82 Å². The molecule has 1 aliphatic rings. The molecular formula is C21H19ClF4N2O2S. The van der Waals surface area contributed by atoms with Crippen molar-refractivity contribution in [2.45, 2.75) is 36.1 Å². The van der Waals surface area contributed by atoms with Gasteiger partial charge in [-0.05, 0) is 42.8 Å². The zero-order chi connectivity index (χ0) is 22.8. The minimum absolute atomic E-state index is 0.0428. The van der Waals surface area contributed by atoms with Gasteiger partial charge in [0.1, 0.15) is 5.82 Å². The molecule has 2 aromatic carbocycles. The zero-order valence-corrected chi connectivity index (χ0v) is 18.0. The van der Waals surface area contributed by atoms with Crippen molar-refractivity contribution in [1.29, 1.82) is 0 Å². The molecule has 0 bridgehead atoms. The molecule has 0 aliphatic carbocycles. The molecule has 1 unspecified atom stereocenters. The summed E-state index contributed by atoms with van der Waals surface area (Å²) in [5.74, 6) is -1.56. The van der Waals surface area contributed by atoms with Crippen LogP contribution in [0.4, 0.5) is 23.2 Å². The van der Waals surface area contributed by atoms with Crippen molar-refractivity contribution in [1.82, 2.24) is 5.32 Å². The number of benzene rings is 2. The van der Waals surface area contributed by atoms with Gasteiger partial charge in [0.15, 0.2) is 0 Å². The second-order valence-electron chi connectivity index (χ2n) is 7.07. The van der Waals surface area contributed by atoms with Crippen LogP contribution in [0.3, 0.4) is 0 Å². The molecule has 1 aliphatic heterocycles. The second kappa shape index (κ2) is 9.48. The average molecular weight is 475 g/mol. The Balaban J connectivity index is 1.72. The van der Waals surface area contributed by atoms with E-state index in [9.17, 15) is 27.2 Å². The Bertz CT molecular complexity index is 1000. The highest BCUT2D eigenvalue weighted by atomic mass is 35.5. The Labute approximate surface area is 185 Å². The predicted molar refractivity (Wildman–Crippen MR) is 112 cm³/mol. The molecule has 10 heteroatoms. The molecule has 1 N–H and O–H groups in total. The van der Waals surface area contributed by atoms with Crippen LogP contribution < -0.4 is 10.2 Å². The number of carbonyl (C=O) groups excluding carboxylic acids is 2. The van der Waals surface area contributed by atoms with Crippen LogP contribution in [-0.4, -0.2) is 30.2 Å². The monoisotopic (exact) mass is 474 g/mol. The third-order valence-electron chi connectivity index (χ3n) is 4.77. The fourth-order valence-corrected chi connectivity index (χ4v) is 4.50. The maximum Gasteiger partial charge on any atom is 0.416 e. The van der Waals surface area contributed by atoms with Crippen molar-refractivity contribution in [3.63, 3.8) is 0 Å². The number of hydrogen-bond donors (Lipinski definition) is 1. The van der Waals surface area contributed by atoms with E-state index in [2.05, 4.69) is 5.32 Å². The highest BCUT2D eigenvalue weighted by Gasteiger charge is 2.33. The fraction of sp³-hybridized carbons (Fsp3) is 0.333. The normalized spacial score (nSPS) is 16.5. The summed E-state index contributed by atoms with van der Waals surface area (Å²) in [6, 6.07) is 6.73. The molecule has 2 aromatic rings. The van der Waals surface area contributed by atoms with E-state index in [4.69, 9.17) is 11.6 Å². The second-order valence-corrected chi connectivity index (χ2v) is 8.96. The van der Waals surface area contributed by atoms with Crippen LogP contribution in [0.25, 0.3) is 0 Å². The van der Waals surface area contributed by atoms with Gasteiger partial charge < -0.3 is 10.2 Å². The summed E-state index contributed by atoms with van der Waals surface area (Å²) in [5.41, 5.74) is -0.531. The van der Waals surface area contributed by atoms with Gasteiger partial charge in [-0.2, -0.15) is 13.2 Å². The molecule has 2 amide bonds. The summed E-state index contributed by atoms with van der Waals surface area (Å²) >= 11 is 7.28. The summed E-state index contributed by atoms with van der Waals surface area (Å²) in [6.07, 6.45) is -4.02. The van der Waals surface area contributed by atoms with Crippen molar-refractivity contribution < 1.29 is 27.2 Å². The molecule has 3 rings (SSSR count). The van der Waals surface area contributed by atoms with Crippen LogP contribution in [0.1, 0.15) is 35.7 Å². The van der Waals surface area contributed by atoms with Crippen LogP contribution in [-0.2, 0) is 11.0 Å². The maximum absolute atomic E-state index is 13.2. The lowest BCUT2D eigenvalue weighted by Crippen LogP contribution is -2.35. The van der Waals surface area contributed by atoms with Gasteiger partial charge in [-0.25, -0.2) is 4.39 Å². The summed E-state index contributed by atoms with van der Waals surface area (Å²) in [7, 11) is 0. The number of hydrogen-bond acceptors (Lipinski definition) is 3. The van der Waals surface area contributed by atoms with Gasteiger partial charge >= 0.3 is 6.18 Å². The quantitative estimate of drug-likeness (QED) is 0.592. The minimum Gasteiger partial charge on any atom is -0.351 e. The molecule has 0 saturated heterocycles. The van der Waals surface area contributed by atoms with Crippen LogP contribution in [0.5, 0.6) is 0 Å². The van der Waals surface area contributed by atoms with Crippen LogP contribution in [0.2, 0.25) is 5.02 Å². The third-order valence-corrected chi connectivity index (χ3v) is 6.32. The number of nitrogens with one attached hydrogen (secondary N) is 1. The molecule has 0 saturated carbocycles. The highest BCUT2D eigenvalue weighted by Crippen LogP contribution is 2.41. The molecule has 0 aromatic heterocycles. The lowest BCUT2D eigenvalue weighted by atomic mass is 10.1. The van der Waals surface area contributed by atoms with Gasteiger partial charge in [-0.1, -0.05) is 18.5 Å². The Morgan fingerprint density at radius 3 is 2.65 bits per heavy atom. The Hall–Kier alpha value is -2.26. The summed E-state index contributed by atoms with van der Waals surface area (Å²) < 4.78 is 52.7. The fourth-order valence-electron chi connectivity index (χ4n) is 3.16. The number of fused-ring (bicyclic) bond motifs is 1. The van der Waals surface area contributed by atoms with Crippen molar-refractivity contribution >= 4 is 40.9 Å². The molecule has 0 spiro atoms. The Morgan fingerprint density at radius 1 is 1.23 bits per heavy atom. The van der Waals surface area contributed by atoms with Crippen molar-refractivity contribution in [3.05, 3.63) is 58.4 Å². The largest absolute Gasteiger partial charge is 0.416 e. The molecule has 1 atom stereocenters. The van der Waals surface area contributed by atoms with E-state index in [1.54, 1.807) is 0 Å². The number of anilines is 1. The van der Waals surface area contributed by atoms with Gasteiger partial charge in [0.25, 0.3) is 5.91 Å². The molecular weight excluding hydrogens is 456 g/mol. The van der Waals surface area contributed by atoms with Gasteiger partial charge in [0.2, 0.25) is 5.91 Å². The van der Waals surface area contributed by atoms with E-state index in [1.807, 2.05) is 6.92 Å². The highest BCUT2D eigenvalue weighted by molar-refractivity contribution is 8.00. The Kier molecular flexibility index (Phi) is 7.16. The third kappa shape index (κ3) is 5.71. The molecule has 166 valence electrons. The zero-order valence-electron chi connectivity index (χ0n) is 16.4. The predicted octanol–water partition coefficient (Wildman–Crippen LogP) is 5.54. The molecule has 4 nitrogen and oxygen atoms in total. The van der Waals surface area contributed by atoms with Crippen molar-refractivity contribution in [3.8, 4) is 0 Å². The standard InChI is InChI=1S/C21H19ClF4N2O2S/c1-12-7-9-28(17-10-13(21(24,25)26)2-5-18(17)31-12)19(29)6-8-27-20(30)15-4-3-14(23)11-16(15)22/h2-5,10-12H,6-9H2,1H3,(H,27,30). The van der Waals surface area contributed by atoms with Crippen molar-refractivity contribution in [2.75, 3.05) is 18.0 Å². The van der Waals surface area contributed by atoms with Gasteiger partial charge in [-0.15, -0.1) is 11.8 Å². The van der Waals surface area contributed by atoms with E-state index in [1.165, 1.54) is 28.8 Å². The number of halogens is 5. The van der Waals surface area contributed by atoms with Crippen LogP contribution in [0.15, 0.2) is 41.3 Å². The summed E-state index contributed by atoms with van der Waals surface area (Å²) in [5, 5.41) is 2.61. The molecule has 31 heavy (non-hydrogen) atoms. The summed E-state index contributed by atoms with van der Waals surface area (Å²) in [6.45, 7) is 2.19. The van der Waals surface area contributed by atoms with E-state index in [0.717, 1.165) is 24.3 Å².